The molecule has 0 aliphatic heterocycles. The Morgan fingerprint density at radius 2 is 0.769 bits per heavy atom. The number of rotatable bonds is 0. The van der Waals surface area contributed by atoms with Crippen LogP contribution in [0.2, 0.25) is 0 Å². The average Bonchev–Trinajstić information content (AvgIpc) is 1.25. The van der Waals surface area contributed by atoms with Gasteiger partial charge in [-0.1, -0.05) is 0 Å². The minimum absolute atomic E-state index is 0. The standard InChI is InChI=1S/2C2H4O2.4H2N.Pd/c2*1-2(3)4;;;;;/h2*1H3,(H,3,4);4*1H2;/q;;4*-1;. The van der Waals surface area contributed by atoms with Gasteiger partial charge in [0.05, 0.1) is 0 Å². The summed E-state index contributed by atoms with van der Waals surface area (Å²) in [5.74, 6) is -1.67. The molecule has 0 saturated carbocycles. The van der Waals surface area contributed by atoms with Gasteiger partial charge in [-0.25, -0.2) is 0 Å². The van der Waals surface area contributed by atoms with Crippen molar-refractivity contribution in [2.75, 3.05) is 0 Å². The van der Waals surface area contributed by atoms with Crippen molar-refractivity contribution in [2.45, 2.75) is 13.8 Å². The predicted octanol–water partition coefficient (Wildman–Crippen LogP) is 3.05. The van der Waals surface area contributed by atoms with Crippen LogP contribution in [-0.2, 0) is 30.0 Å². The number of hydrogen-bond acceptors (Lipinski definition) is 2. The summed E-state index contributed by atoms with van der Waals surface area (Å²) in [5, 5.41) is 14.8. The first-order valence-electron chi connectivity index (χ1n) is 1.86. The number of carbonyl (C=O) groups is 2. The van der Waals surface area contributed by atoms with E-state index in [-0.39, 0.29) is 45.0 Å². The molecule has 0 aromatic rings. The molecule has 0 fully saturated rings. The second kappa shape index (κ2) is 42.1. The van der Waals surface area contributed by atoms with Gasteiger partial charge < -0.3 is 34.8 Å². The van der Waals surface area contributed by atoms with Gasteiger partial charge in [0.1, 0.15) is 0 Å². The van der Waals surface area contributed by atoms with E-state index >= 15 is 0 Å². The topological polar surface area (TPSA) is 209 Å². The Morgan fingerprint density at radius 1 is 0.769 bits per heavy atom. The second-order valence-electron chi connectivity index (χ2n) is 1.04. The zero-order valence-corrected chi connectivity index (χ0v) is 8.89. The van der Waals surface area contributed by atoms with Gasteiger partial charge >= 0.3 is 0 Å². The van der Waals surface area contributed by atoms with Crippen molar-refractivity contribution in [1.29, 1.82) is 0 Å². The molecule has 13 heavy (non-hydrogen) atoms. The van der Waals surface area contributed by atoms with Crippen LogP contribution in [0, 0.1) is 0 Å². The number of aliphatic carboxylic acids is 2. The number of carboxylic acids is 2. The van der Waals surface area contributed by atoms with E-state index < -0.39 is 11.9 Å². The van der Waals surface area contributed by atoms with E-state index in [1.165, 1.54) is 0 Å². The molecule has 0 rings (SSSR count). The van der Waals surface area contributed by atoms with Crippen molar-refractivity contribution in [3.05, 3.63) is 24.6 Å². The second-order valence-corrected chi connectivity index (χ2v) is 1.04. The van der Waals surface area contributed by atoms with E-state index in [9.17, 15) is 0 Å². The Labute approximate surface area is 91.1 Å². The maximum Gasteiger partial charge on any atom is 0.300 e. The molecule has 0 atom stereocenters. The van der Waals surface area contributed by atoms with Gasteiger partial charge in [-0.2, -0.15) is 0 Å². The molecule has 0 amide bonds. The van der Waals surface area contributed by atoms with E-state index in [0.717, 1.165) is 13.8 Å². The Morgan fingerprint density at radius 3 is 0.769 bits per heavy atom. The van der Waals surface area contributed by atoms with Crippen LogP contribution in [0.3, 0.4) is 0 Å². The van der Waals surface area contributed by atoms with Crippen LogP contribution in [0.15, 0.2) is 0 Å². The third-order valence-electron chi connectivity index (χ3n) is 0. The first-order valence-corrected chi connectivity index (χ1v) is 1.86. The van der Waals surface area contributed by atoms with Crippen LogP contribution in [0.4, 0.5) is 0 Å². The average molecular weight is 291 g/mol. The van der Waals surface area contributed by atoms with Gasteiger partial charge in [-0.15, -0.1) is 0 Å². The normalized spacial score (nSPS) is 3.85. The predicted molar refractivity (Wildman–Crippen MR) is 47.8 cm³/mol. The van der Waals surface area contributed by atoms with E-state index in [0.29, 0.717) is 0 Å². The molecule has 0 bridgehead atoms. The first-order chi connectivity index (χ1) is 3.46. The molecule has 9 heteroatoms. The van der Waals surface area contributed by atoms with Crippen LogP contribution in [0.5, 0.6) is 0 Å². The summed E-state index contributed by atoms with van der Waals surface area (Å²) in [7, 11) is 0. The summed E-state index contributed by atoms with van der Waals surface area (Å²) < 4.78 is 0. The zero-order valence-electron chi connectivity index (χ0n) is 7.34. The molecule has 0 aliphatic rings. The summed E-state index contributed by atoms with van der Waals surface area (Å²) in [6.07, 6.45) is 0. The Kier molecular flexibility index (Phi) is 178. The molecule has 8 nitrogen and oxygen atoms in total. The maximum absolute atomic E-state index is 9.00. The first kappa shape index (κ1) is 55.0. The largest absolute Gasteiger partial charge is 0.693 e. The van der Waals surface area contributed by atoms with Crippen LogP contribution >= 0.6 is 0 Å². The fraction of sp³-hybridized carbons (Fsp3) is 0.500. The fourth-order valence-electron chi connectivity index (χ4n) is 0. The quantitative estimate of drug-likeness (QED) is 0.643. The maximum atomic E-state index is 9.00. The van der Waals surface area contributed by atoms with Crippen molar-refractivity contribution >= 4 is 11.9 Å². The molecule has 0 saturated heterocycles. The van der Waals surface area contributed by atoms with Crippen LogP contribution in [0.1, 0.15) is 13.8 Å². The summed E-state index contributed by atoms with van der Waals surface area (Å²) in [6, 6.07) is 0. The van der Waals surface area contributed by atoms with Crippen molar-refractivity contribution in [1.82, 2.24) is 0 Å². The minimum atomic E-state index is -0.833. The van der Waals surface area contributed by atoms with Crippen LogP contribution < -0.4 is 0 Å². The molecule has 0 aliphatic carbocycles. The Balaban J connectivity index is -0.00000000800. The molecular formula is C4H16N4O4Pd-4. The van der Waals surface area contributed by atoms with Gasteiger partial charge in [0.25, 0.3) is 11.9 Å². The summed E-state index contributed by atoms with van der Waals surface area (Å²) >= 11 is 0. The molecular weight excluding hydrogens is 274 g/mol. The van der Waals surface area contributed by atoms with Crippen molar-refractivity contribution < 1.29 is 40.2 Å². The third-order valence-corrected chi connectivity index (χ3v) is 0. The minimum Gasteiger partial charge on any atom is -0.693 e. The smallest absolute Gasteiger partial charge is 0.300 e. The molecule has 0 aromatic heterocycles. The number of hydrogen-bond donors (Lipinski definition) is 2. The zero-order chi connectivity index (χ0) is 7.15. The van der Waals surface area contributed by atoms with E-state index in [1.54, 1.807) is 0 Å². The molecule has 0 aromatic carbocycles. The third kappa shape index (κ3) is 3280. The summed E-state index contributed by atoms with van der Waals surface area (Å²) in [4.78, 5) is 18.0. The van der Waals surface area contributed by atoms with Crippen molar-refractivity contribution in [3.8, 4) is 0 Å². The van der Waals surface area contributed by atoms with Crippen LogP contribution in [-0.4, -0.2) is 22.2 Å². The van der Waals surface area contributed by atoms with Gasteiger partial charge in [-0.3, -0.25) is 9.59 Å². The molecule has 90 valence electrons. The number of carboxylic acid groups (broad SMARTS) is 2. The monoisotopic (exact) mass is 290 g/mol. The Hall–Kier alpha value is -0.558. The van der Waals surface area contributed by atoms with Gasteiger partial charge in [0.2, 0.25) is 0 Å². The molecule has 0 radical (unpaired) electrons. The van der Waals surface area contributed by atoms with E-state index in [1.807, 2.05) is 0 Å². The van der Waals surface area contributed by atoms with E-state index in [4.69, 9.17) is 19.8 Å². The summed E-state index contributed by atoms with van der Waals surface area (Å²) in [6.45, 7) is 2.17. The SMILES string of the molecule is CC(=O)O.CC(=O)O.[NH2-].[NH2-].[NH2-].[NH2-].[Pd]. The van der Waals surface area contributed by atoms with Crippen LogP contribution in [0.25, 0.3) is 24.6 Å². The van der Waals surface area contributed by atoms with Gasteiger partial charge in [0.15, 0.2) is 0 Å². The Bertz CT molecular complexity index is 82.1. The molecule has 0 spiro atoms. The van der Waals surface area contributed by atoms with Gasteiger partial charge in [-0.05, 0) is 0 Å². The molecule has 0 unspecified atom stereocenters. The summed E-state index contributed by atoms with van der Waals surface area (Å²) in [5.41, 5.74) is 0. The van der Waals surface area contributed by atoms with Crippen molar-refractivity contribution in [3.63, 3.8) is 0 Å². The number of nitrogens with two attached hydrogens (primary N) is 4. The van der Waals surface area contributed by atoms with Crippen molar-refractivity contribution in [2.24, 2.45) is 0 Å². The van der Waals surface area contributed by atoms with Gasteiger partial charge in [0, 0.05) is 34.3 Å². The fourth-order valence-corrected chi connectivity index (χ4v) is 0. The van der Waals surface area contributed by atoms with E-state index in [2.05, 4.69) is 0 Å². The molecule has 10 N–H and O–H groups in total. The molecule has 0 heterocycles.